The maximum absolute atomic E-state index is 12.6. The van der Waals surface area contributed by atoms with E-state index in [0.29, 0.717) is 10.4 Å². The second kappa shape index (κ2) is 7.37. The van der Waals surface area contributed by atoms with Gasteiger partial charge in [0.1, 0.15) is 4.88 Å². The summed E-state index contributed by atoms with van der Waals surface area (Å²) in [5, 5.41) is 4.80. The van der Waals surface area contributed by atoms with E-state index in [1.807, 2.05) is 0 Å². The molecule has 1 aliphatic rings. The van der Waals surface area contributed by atoms with Gasteiger partial charge in [0.15, 0.2) is 0 Å². The lowest BCUT2D eigenvalue weighted by Gasteiger charge is -2.20. The lowest BCUT2D eigenvalue weighted by atomic mass is 10.1. The van der Waals surface area contributed by atoms with E-state index in [2.05, 4.69) is 10.3 Å². The number of nitrogens with zero attached hydrogens (tertiary/aromatic N) is 1. The number of thiophene rings is 1. The molecule has 1 aliphatic carbocycles. The smallest absolute Gasteiger partial charge is 0.349 e. The number of nitrogens with one attached hydrogen (secondary N) is 1. The van der Waals surface area contributed by atoms with Crippen LogP contribution in [-0.2, 0) is 9.53 Å². The minimum atomic E-state index is -0.951. The van der Waals surface area contributed by atoms with Gasteiger partial charge in [-0.15, -0.1) is 11.3 Å². The van der Waals surface area contributed by atoms with Gasteiger partial charge >= 0.3 is 5.97 Å². The van der Waals surface area contributed by atoms with Crippen molar-refractivity contribution in [2.24, 2.45) is 0 Å². The number of carbonyl (C=O) groups is 2. The number of hydrogen-bond acceptors (Lipinski definition) is 5. The Bertz CT molecular complexity index is 652. The Hall–Kier alpha value is -2.21. The topological polar surface area (TPSA) is 68.3 Å². The van der Waals surface area contributed by atoms with Crippen molar-refractivity contribution in [3.63, 3.8) is 0 Å². The summed E-state index contributed by atoms with van der Waals surface area (Å²) in [4.78, 5) is 29.3. The fourth-order valence-electron chi connectivity index (χ4n) is 2.72. The quantitative estimate of drug-likeness (QED) is 0.855. The molecule has 0 bridgehead atoms. The molecule has 2 heterocycles. The fourth-order valence-corrected chi connectivity index (χ4v) is 3.32. The number of hydrogen-bond donors (Lipinski definition) is 1. The Kier molecular flexibility index (Phi) is 5.02. The van der Waals surface area contributed by atoms with E-state index >= 15 is 0 Å². The molecule has 1 saturated carbocycles. The van der Waals surface area contributed by atoms with Crippen molar-refractivity contribution in [1.82, 2.24) is 10.3 Å². The van der Waals surface area contributed by atoms with Crippen LogP contribution in [-0.4, -0.2) is 22.9 Å². The Morgan fingerprint density at radius 3 is 2.61 bits per heavy atom. The van der Waals surface area contributed by atoms with Crippen LogP contribution in [0, 0.1) is 0 Å². The molecule has 120 valence electrons. The van der Waals surface area contributed by atoms with Crippen LogP contribution in [0.3, 0.4) is 0 Å². The summed E-state index contributed by atoms with van der Waals surface area (Å²) in [7, 11) is 0. The highest BCUT2D eigenvalue weighted by Gasteiger charge is 2.28. The molecule has 0 radical (unpaired) electrons. The molecule has 23 heavy (non-hydrogen) atoms. The Morgan fingerprint density at radius 2 is 1.96 bits per heavy atom. The molecule has 1 amide bonds. The molecule has 0 spiro atoms. The minimum Gasteiger partial charge on any atom is -0.443 e. The summed E-state index contributed by atoms with van der Waals surface area (Å²) in [5.41, 5.74) is 0.625. The molecule has 5 nitrogen and oxygen atoms in total. The molecule has 6 heteroatoms. The standard InChI is InChI=1S/C17H18N2O3S/c20-16(19-13-4-1-2-5-13)15(12-7-9-18-10-8-12)22-17(21)14-6-3-11-23-14/h3,6-11,13,15H,1-2,4-5H2,(H,19,20). The van der Waals surface area contributed by atoms with Crippen molar-refractivity contribution in [1.29, 1.82) is 0 Å². The van der Waals surface area contributed by atoms with E-state index < -0.39 is 12.1 Å². The van der Waals surface area contributed by atoms with E-state index in [1.165, 1.54) is 11.3 Å². The molecule has 2 aromatic heterocycles. The van der Waals surface area contributed by atoms with Gasteiger partial charge in [-0.2, -0.15) is 0 Å². The molecule has 1 N–H and O–H groups in total. The van der Waals surface area contributed by atoms with Gasteiger partial charge in [-0.05, 0) is 36.4 Å². The first-order valence-corrected chi connectivity index (χ1v) is 8.57. The van der Waals surface area contributed by atoms with Gasteiger partial charge in [0, 0.05) is 24.0 Å². The van der Waals surface area contributed by atoms with Crippen molar-refractivity contribution >= 4 is 23.2 Å². The summed E-state index contributed by atoms with van der Waals surface area (Å²) in [6, 6.07) is 7.03. The van der Waals surface area contributed by atoms with Gasteiger partial charge < -0.3 is 10.1 Å². The van der Waals surface area contributed by atoms with Crippen LogP contribution >= 0.6 is 11.3 Å². The van der Waals surface area contributed by atoms with E-state index in [9.17, 15) is 9.59 Å². The summed E-state index contributed by atoms with van der Waals surface area (Å²) in [6.07, 6.45) is 6.43. The molecule has 0 saturated heterocycles. The normalized spacial score (nSPS) is 16.0. The highest BCUT2D eigenvalue weighted by Crippen LogP contribution is 2.23. The number of carbonyl (C=O) groups excluding carboxylic acids is 2. The Labute approximate surface area is 138 Å². The monoisotopic (exact) mass is 330 g/mol. The van der Waals surface area contributed by atoms with Crippen molar-refractivity contribution < 1.29 is 14.3 Å². The van der Waals surface area contributed by atoms with Crippen LogP contribution in [0.15, 0.2) is 42.0 Å². The molecule has 1 atom stereocenters. The third kappa shape index (κ3) is 3.96. The Balaban J connectivity index is 1.76. The van der Waals surface area contributed by atoms with Crippen molar-refractivity contribution in [2.75, 3.05) is 0 Å². The van der Waals surface area contributed by atoms with Crippen molar-refractivity contribution in [3.05, 3.63) is 52.5 Å². The largest absolute Gasteiger partial charge is 0.443 e. The predicted molar refractivity (Wildman–Crippen MR) is 87.1 cm³/mol. The lowest BCUT2D eigenvalue weighted by Crippen LogP contribution is -2.38. The maximum atomic E-state index is 12.6. The van der Waals surface area contributed by atoms with E-state index in [1.54, 1.807) is 42.0 Å². The van der Waals surface area contributed by atoms with Gasteiger partial charge in [-0.25, -0.2) is 4.79 Å². The van der Waals surface area contributed by atoms with Crippen LogP contribution in [0.25, 0.3) is 0 Å². The van der Waals surface area contributed by atoms with Crippen LogP contribution in [0.4, 0.5) is 0 Å². The zero-order chi connectivity index (χ0) is 16.1. The molecule has 1 fully saturated rings. The average Bonchev–Trinajstić information content (AvgIpc) is 3.26. The predicted octanol–water partition coefficient (Wildman–Crippen LogP) is 3.10. The zero-order valence-corrected chi connectivity index (χ0v) is 13.4. The van der Waals surface area contributed by atoms with E-state index in [0.717, 1.165) is 25.7 Å². The molecule has 0 aliphatic heterocycles. The first-order valence-electron chi connectivity index (χ1n) is 7.69. The first-order chi connectivity index (χ1) is 11.2. The van der Waals surface area contributed by atoms with Crippen molar-refractivity contribution in [3.8, 4) is 0 Å². The van der Waals surface area contributed by atoms with Gasteiger partial charge in [0.05, 0.1) is 0 Å². The number of aromatic nitrogens is 1. The van der Waals surface area contributed by atoms with Crippen LogP contribution < -0.4 is 5.32 Å². The highest BCUT2D eigenvalue weighted by molar-refractivity contribution is 7.11. The fraction of sp³-hybridized carbons (Fsp3) is 0.353. The molecule has 2 aromatic rings. The Morgan fingerprint density at radius 1 is 1.22 bits per heavy atom. The van der Waals surface area contributed by atoms with Crippen LogP contribution in [0.5, 0.6) is 0 Å². The second-order valence-electron chi connectivity index (χ2n) is 5.53. The third-order valence-electron chi connectivity index (χ3n) is 3.90. The summed E-state index contributed by atoms with van der Waals surface area (Å²) in [5.74, 6) is -0.753. The molecule has 0 aromatic carbocycles. The number of pyridine rings is 1. The zero-order valence-electron chi connectivity index (χ0n) is 12.6. The van der Waals surface area contributed by atoms with Gasteiger partial charge in [-0.1, -0.05) is 18.9 Å². The third-order valence-corrected chi connectivity index (χ3v) is 4.75. The summed E-state index contributed by atoms with van der Waals surface area (Å²) >= 11 is 1.29. The number of esters is 1. The summed E-state index contributed by atoms with van der Waals surface area (Å²) < 4.78 is 5.48. The number of rotatable bonds is 5. The molecular weight excluding hydrogens is 312 g/mol. The van der Waals surface area contributed by atoms with Gasteiger partial charge in [0.2, 0.25) is 6.10 Å². The maximum Gasteiger partial charge on any atom is 0.349 e. The number of amides is 1. The molecular formula is C17H18N2O3S. The lowest BCUT2D eigenvalue weighted by molar-refractivity contribution is -0.131. The average molecular weight is 330 g/mol. The second-order valence-corrected chi connectivity index (χ2v) is 6.48. The summed E-state index contributed by atoms with van der Waals surface area (Å²) in [6.45, 7) is 0. The van der Waals surface area contributed by atoms with Gasteiger partial charge in [-0.3, -0.25) is 9.78 Å². The van der Waals surface area contributed by atoms with Crippen LogP contribution in [0.2, 0.25) is 0 Å². The SMILES string of the molecule is O=C(OC(C(=O)NC1CCCC1)c1ccncc1)c1cccs1. The number of ether oxygens (including phenoxy) is 1. The van der Waals surface area contributed by atoms with Crippen molar-refractivity contribution in [2.45, 2.75) is 37.8 Å². The molecule has 3 rings (SSSR count). The van der Waals surface area contributed by atoms with E-state index in [4.69, 9.17) is 4.74 Å². The highest BCUT2D eigenvalue weighted by atomic mass is 32.1. The molecule has 1 unspecified atom stereocenters. The van der Waals surface area contributed by atoms with E-state index in [-0.39, 0.29) is 11.9 Å². The minimum absolute atomic E-state index is 0.173. The van der Waals surface area contributed by atoms with Crippen LogP contribution in [0.1, 0.15) is 47.0 Å². The van der Waals surface area contributed by atoms with Gasteiger partial charge in [0.25, 0.3) is 5.91 Å². The first kappa shape index (κ1) is 15.7.